The van der Waals surface area contributed by atoms with Crippen molar-refractivity contribution in [1.29, 1.82) is 0 Å². The molecule has 2 heteroatoms. The number of nitrogens with one attached hydrogen (secondary N) is 1. The molecule has 0 saturated carbocycles. The molecule has 0 aliphatic heterocycles. The van der Waals surface area contributed by atoms with Gasteiger partial charge in [0.2, 0.25) is 6.41 Å². The second-order valence-corrected chi connectivity index (χ2v) is 3.76. The van der Waals surface area contributed by atoms with Gasteiger partial charge in [-0.3, -0.25) is 4.79 Å². The smallest absolute Gasteiger partial charge is 0.207 e. The predicted molar refractivity (Wildman–Crippen MR) is 47.3 cm³/mol. The second kappa shape index (κ2) is 5.16. The van der Waals surface area contributed by atoms with Gasteiger partial charge in [-0.25, -0.2) is 0 Å². The van der Waals surface area contributed by atoms with Crippen LogP contribution >= 0.6 is 0 Å². The molecule has 1 unspecified atom stereocenters. The number of hydrogen-bond acceptors (Lipinski definition) is 1. The van der Waals surface area contributed by atoms with Gasteiger partial charge in [0.15, 0.2) is 0 Å². The zero-order valence-electron chi connectivity index (χ0n) is 7.92. The van der Waals surface area contributed by atoms with Crippen LogP contribution in [-0.2, 0) is 4.79 Å². The molecule has 0 aliphatic rings. The van der Waals surface area contributed by atoms with E-state index in [9.17, 15) is 4.79 Å². The highest BCUT2D eigenvalue weighted by atomic mass is 16.1. The number of carbonyl (C=O) groups is 1. The van der Waals surface area contributed by atoms with Gasteiger partial charge in [0.25, 0.3) is 0 Å². The maximum Gasteiger partial charge on any atom is 0.207 e. The summed E-state index contributed by atoms with van der Waals surface area (Å²) in [6.45, 7) is 8.59. The quantitative estimate of drug-likeness (QED) is 0.606. The molecule has 0 aromatic heterocycles. The third kappa shape index (κ3) is 4.82. The molecule has 1 atom stereocenters. The van der Waals surface area contributed by atoms with E-state index in [0.717, 1.165) is 12.8 Å². The molecule has 0 fully saturated rings. The van der Waals surface area contributed by atoms with Crippen LogP contribution in [0.1, 0.15) is 34.1 Å². The highest BCUT2D eigenvalue weighted by molar-refractivity contribution is 5.46. The third-order valence-corrected chi connectivity index (χ3v) is 1.81. The van der Waals surface area contributed by atoms with Crippen molar-refractivity contribution in [3.63, 3.8) is 0 Å². The van der Waals surface area contributed by atoms with Gasteiger partial charge < -0.3 is 5.32 Å². The summed E-state index contributed by atoms with van der Waals surface area (Å²) in [5.74, 6) is 1.18. The van der Waals surface area contributed by atoms with Gasteiger partial charge in [0.05, 0.1) is 0 Å². The number of amides is 1. The molecule has 0 spiro atoms. The number of rotatable bonds is 5. The van der Waals surface area contributed by atoms with Gasteiger partial charge >= 0.3 is 0 Å². The van der Waals surface area contributed by atoms with Crippen LogP contribution in [0.5, 0.6) is 0 Å². The minimum atomic E-state index is 0.340. The van der Waals surface area contributed by atoms with E-state index in [1.807, 2.05) is 0 Å². The molecule has 0 aromatic carbocycles. The Morgan fingerprint density at radius 3 is 2.09 bits per heavy atom. The summed E-state index contributed by atoms with van der Waals surface area (Å²) in [6, 6.07) is 0.340. The van der Waals surface area contributed by atoms with Crippen LogP contribution in [0.2, 0.25) is 0 Å². The Balaban J connectivity index is 3.78. The molecule has 0 saturated heterocycles. The molecular formula is C9H19NO. The van der Waals surface area contributed by atoms with E-state index in [0.29, 0.717) is 17.9 Å². The van der Waals surface area contributed by atoms with Crippen molar-refractivity contribution in [2.75, 3.05) is 0 Å². The molecule has 0 aromatic rings. The Kier molecular flexibility index (Phi) is 4.92. The Morgan fingerprint density at radius 1 is 1.27 bits per heavy atom. The van der Waals surface area contributed by atoms with Crippen molar-refractivity contribution >= 4 is 6.41 Å². The van der Waals surface area contributed by atoms with Crippen LogP contribution in [0.3, 0.4) is 0 Å². The molecule has 0 rings (SSSR count). The van der Waals surface area contributed by atoms with E-state index in [4.69, 9.17) is 0 Å². The minimum absolute atomic E-state index is 0.340. The topological polar surface area (TPSA) is 29.1 Å². The molecule has 0 heterocycles. The lowest BCUT2D eigenvalue weighted by Gasteiger charge is -2.21. The first-order valence-electron chi connectivity index (χ1n) is 4.27. The fraction of sp³-hybridized carbons (Fsp3) is 0.889. The first-order valence-corrected chi connectivity index (χ1v) is 4.27. The maximum absolute atomic E-state index is 10.2. The van der Waals surface area contributed by atoms with Gasteiger partial charge in [0.1, 0.15) is 0 Å². The first kappa shape index (κ1) is 10.5. The fourth-order valence-corrected chi connectivity index (χ4v) is 1.13. The predicted octanol–water partition coefficient (Wildman–Crippen LogP) is 1.80. The van der Waals surface area contributed by atoms with Gasteiger partial charge in [-0.2, -0.15) is 0 Å². The summed E-state index contributed by atoms with van der Waals surface area (Å²) in [6.07, 6.45) is 1.86. The first-order chi connectivity index (χ1) is 5.07. The Morgan fingerprint density at radius 2 is 1.82 bits per heavy atom. The minimum Gasteiger partial charge on any atom is -0.356 e. The Labute approximate surface area is 69.4 Å². The van der Waals surface area contributed by atoms with Crippen LogP contribution in [0.25, 0.3) is 0 Å². The normalized spacial score (nSPS) is 13.6. The Hall–Kier alpha value is -0.530. The fourth-order valence-electron chi connectivity index (χ4n) is 1.13. The van der Waals surface area contributed by atoms with Crippen LogP contribution in [0, 0.1) is 11.8 Å². The van der Waals surface area contributed by atoms with Crippen molar-refractivity contribution in [2.24, 2.45) is 11.8 Å². The van der Waals surface area contributed by atoms with Gasteiger partial charge in [0, 0.05) is 6.04 Å². The molecule has 1 amide bonds. The van der Waals surface area contributed by atoms with E-state index in [1.165, 1.54) is 0 Å². The molecular weight excluding hydrogens is 138 g/mol. The summed E-state index contributed by atoms with van der Waals surface area (Å²) in [4.78, 5) is 10.2. The van der Waals surface area contributed by atoms with Crippen molar-refractivity contribution in [3.8, 4) is 0 Å². The Bertz CT molecular complexity index is 110. The summed E-state index contributed by atoms with van der Waals surface area (Å²) in [7, 11) is 0. The third-order valence-electron chi connectivity index (χ3n) is 1.81. The number of hydrogen-bond donors (Lipinski definition) is 1. The lowest BCUT2D eigenvalue weighted by molar-refractivity contribution is -0.110. The van der Waals surface area contributed by atoms with Gasteiger partial charge in [-0.05, 0) is 18.3 Å². The van der Waals surface area contributed by atoms with E-state index in [1.54, 1.807) is 0 Å². The zero-order valence-corrected chi connectivity index (χ0v) is 7.92. The van der Waals surface area contributed by atoms with E-state index in [2.05, 4.69) is 33.0 Å². The largest absolute Gasteiger partial charge is 0.356 e. The van der Waals surface area contributed by atoms with Gasteiger partial charge in [-0.15, -0.1) is 0 Å². The van der Waals surface area contributed by atoms with Crippen LogP contribution in [-0.4, -0.2) is 12.5 Å². The highest BCUT2D eigenvalue weighted by Crippen LogP contribution is 2.11. The van der Waals surface area contributed by atoms with Crippen molar-refractivity contribution in [2.45, 2.75) is 40.2 Å². The highest BCUT2D eigenvalue weighted by Gasteiger charge is 2.12. The molecule has 0 bridgehead atoms. The summed E-state index contributed by atoms with van der Waals surface area (Å²) in [5.41, 5.74) is 0. The van der Waals surface area contributed by atoms with E-state index >= 15 is 0 Å². The van der Waals surface area contributed by atoms with Crippen molar-refractivity contribution in [3.05, 3.63) is 0 Å². The molecule has 0 radical (unpaired) electrons. The van der Waals surface area contributed by atoms with Crippen LogP contribution in [0.15, 0.2) is 0 Å². The summed E-state index contributed by atoms with van der Waals surface area (Å²) >= 11 is 0. The molecule has 66 valence electrons. The average Bonchev–Trinajstić information content (AvgIpc) is 1.86. The molecule has 11 heavy (non-hydrogen) atoms. The zero-order chi connectivity index (χ0) is 8.85. The summed E-state index contributed by atoms with van der Waals surface area (Å²) < 4.78 is 0. The van der Waals surface area contributed by atoms with E-state index < -0.39 is 0 Å². The van der Waals surface area contributed by atoms with Crippen molar-refractivity contribution in [1.82, 2.24) is 5.32 Å². The second-order valence-electron chi connectivity index (χ2n) is 3.76. The maximum atomic E-state index is 10.2. The number of carbonyl (C=O) groups excluding carboxylic acids is 1. The summed E-state index contributed by atoms with van der Waals surface area (Å²) in [5, 5.41) is 2.83. The monoisotopic (exact) mass is 157 g/mol. The molecule has 0 aliphatic carbocycles. The van der Waals surface area contributed by atoms with Gasteiger partial charge in [-0.1, -0.05) is 27.7 Å². The molecule has 1 N–H and O–H groups in total. The lowest BCUT2D eigenvalue weighted by Crippen LogP contribution is -2.33. The lowest BCUT2D eigenvalue weighted by atomic mass is 9.95. The SMILES string of the molecule is CC(C)CC(NC=O)C(C)C. The van der Waals surface area contributed by atoms with Crippen LogP contribution in [0.4, 0.5) is 0 Å². The standard InChI is InChI=1S/C9H19NO/c1-7(2)5-9(8(3)4)10-6-11/h6-9H,5H2,1-4H3,(H,10,11). The van der Waals surface area contributed by atoms with Crippen LogP contribution < -0.4 is 5.32 Å². The van der Waals surface area contributed by atoms with Crippen molar-refractivity contribution < 1.29 is 4.79 Å². The molecule has 2 nitrogen and oxygen atoms in total. The average molecular weight is 157 g/mol. The van der Waals surface area contributed by atoms with E-state index in [-0.39, 0.29) is 0 Å².